The molecule has 6 heteroatoms. The molecule has 1 N–H and O–H groups in total. The second kappa shape index (κ2) is 7.05. The van der Waals surface area contributed by atoms with Crippen LogP contribution < -0.4 is 10.2 Å². The highest BCUT2D eigenvalue weighted by atomic mass is 79.9. The van der Waals surface area contributed by atoms with Gasteiger partial charge in [0.25, 0.3) is 0 Å². The third-order valence-electron chi connectivity index (χ3n) is 3.90. The van der Waals surface area contributed by atoms with E-state index in [9.17, 15) is 0 Å². The molecule has 1 fully saturated rings. The topological polar surface area (TPSA) is 53.9 Å². The van der Waals surface area contributed by atoms with E-state index in [2.05, 4.69) is 54.3 Å². The van der Waals surface area contributed by atoms with Crippen LogP contribution in [0.2, 0.25) is 0 Å². The second-order valence-corrected chi connectivity index (χ2v) is 6.48. The van der Waals surface area contributed by atoms with Gasteiger partial charge in [-0.15, -0.1) is 5.10 Å². The van der Waals surface area contributed by atoms with Gasteiger partial charge < -0.3 is 10.2 Å². The van der Waals surface area contributed by atoms with Crippen molar-refractivity contribution in [1.29, 1.82) is 0 Å². The minimum absolute atomic E-state index is 0.539. The Balaban J connectivity index is 1.76. The van der Waals surface area contributed by atoms with Crippen molar-refractivity contribution in [2.24, 2.45) is 0 Å². The fourth-order valence-electron chi connectivity index (χ4n) is 2.60. The number of nitrogens with one attached hydrogen (secondary N) is 1. The fraction of sp³-hybridized carbons (Fsp3) is 0.438. The van der Waals surface area contributed by atoms with Crippen LogP contribution in [0.3, 0.4) is 0 Å². The zero-order valence-corrected chi connectivity index (χ0v) is 14.3. The van der Waals surface area contributed by atoms with Gasteiger partial charge >= 0.3 is 0 Å². The smallest absolute Gasteiger partial charge is 0.249 e. The van der Waals surface area contributed by atoms with E-state index in [0.29, 0.717) is 5.95 Å². The molecule has 116 valence electrons. The Morgan fingerprint density at radius 1 is 1.14 bits per heavy atom. The van der Waals surface area contributed by atoms with Crippen LogP contribution in [0, 0.1) is 6.92 Å². The molecule has 0 saturated carbocycles. The van der Waals surface area contributed by atoms with E-state index in [4.69, 9.17) is 0 Å². The van der Waals surface area contributed by atoms with E-state index in [1.807, 2.05) is 12.1 Å². The monoisotopic (exact) mass is 361 g/mol. The number of hydrogen-bond donors (Lipinski definition) is 1. The lowest BCUT2D eigenvalue weighted by molar-refractivity contribution is 0.726. The molecule has 2 aromatic rings. The van der Waals surface area contributed by atoms with Gasteiger partial charge in [0.1, 0.15) is 0 Å². The normalized spacial score (nSPS) is 15.5. The number of anilines is 3. The molecule has 1 saturated heterocycles. The minimum atomic E-state index is 0.539. The summed E-state index contributed by atoms with van der Waals surface area (Å²) < 4.78 is 1.06. The molecule has 1 aromatic carbocycles. The van der Waals surface area contributed by atoms with Gasteiger partial charge in [-0.3, -0.25) is 0 Å². The summed E-state index contributed by atoms with van der Waals surface area (Å²) in [6, 6.07) is 6.10. The van der Waals surface area contributed by atoms with Crippen molar-refractivity contribution in [1.82, 2.24) is 15.2 Å². The Hall–Kier alpha value is -1.69. The van der Waals surface area contributed by atoms with Crippen molar-refractivity contribution in [3.05, 3.63) is 34.4 Å². The molecule has 3 rings (SSSR count). The molecule has 0 spiro atoms. The van der Waals surface area contributed by atoms with Crippen molar-refractivity contribution in [3.8, 4) is 0 Å². The van der Waals surface area contributed by atoms with Gasteiger partial charge in [0, 0.05) is 23.2 Å². The predicted molar refractivity (Wildman–Crippen MR) is 92.7 cm³/mol. The van der Waals surface area contributed by atoms with Crippen LogP contribution in [0.1, 0.15) is 31.2 Å². The standard InChI is InChI=1S/C16H20BrN5/c1-12-6-7-13(10-14(12)17)19-16-20-15(11-18-21-16)22-8-4-2-3-5-9-22/h6-7,10-11H,2-5,8-9H2,1H3,(H,19,20,21). The van der Waals surface area contributed by atoms with Gasteiger partial charge in [-0.2, -0.15) is 10.1 Å². The lowest BCUT2D eigenvalue weighted by Gasteiger charge is -2.21. The van der Waals surface area contributed by atoms with Crippen molar-refractivity contribution in [2.45, 2.75) is 32.6 Å². The number of halogens is 1. The first-order valence-electron chi connectivity index (χ1n) is 7.70. The number of aromatic nitrogens is 3. The molecule has 0 radical (unpaired) electrons. The van der Waals surface area contributed by atoms with E-state index in [1.54, 1.807) is 6.20 Å². The second-order valence-electron chi connectivity index (χ2n) is 5.63. The molecule has 0 amide bonds. The first-order chi connectivity index (χ1) is 10.7. The van der Waals surface area contributed by atoms with Crippen LogP contribution in [-0.4, -0.2) is 28.3 Å². The summed E-state index contributed by atoms with van der Waals surface area (Å²) in [6.45, 7) is 4.16. The molecule has 22 heavy (non-hydrogen) atoms. The van der Waals surface area contributed by atoms with Crippen LogP contribution in [-0.2, 0) is 0 Å². The van der Waals surface area contributed by atoms with Crippen molar-refractivity contribution < 1.29 is 0 Å². The first-order valence-corrected chi connectivity index (χ1v) is 8.49. The van der Waals surface area contributed by atoms with Crippen LogP contribution in [0.25, 0.3) is 0 Å². The molecular weight excluding hydrogens is 342 g/mol. The Bertz CT molecular complexity index is 638. The summed E-state index contributed by atoms with van der Waals surface area (Å²) in [5.41, 5.74) is 2.15. The number of benzene rings is 1. The molecule has 5 nitrogen and oxygen atoms in total. The summed E-state index contributed by atoms with van der Waals surface area (Å²) in [5.74, 6) is 1.45. The molecule has 1 aliphatic heterocycles. The minimum Gasteiger partial charge on any atom is -0.355 e. The maximum Gasteiger partial charge on any atom is 0.249 e. The zero-order valence-electron chi connectivity index (χ0n) is 12.7. The van der Waals surface area contributed by atoms with Crippen molar-refractivity contribution in [2.75, 3.05) is 23.3 Å². The Labute approximate surface area is 139 Å². The van der Waals surface area contributed by atoms with Crippen LogP contribution >= 0.6 is 15.9 Å². The third-order valence-corrected chi connectivity index (χ3v) is 4.76. The Kier molecular flexibility index (Phi) is 4.87. The molecule has 2 heterocycles. The fourth-order valence-corrected chi connectivity index (χ4v) is 2.98. The average molecular weight is 362 g/mol. The van der Waals surface area contributed by atoms with Gasteiger partial charge in [0.2, 0.25) is 5.95 Å². The summed E-state index contributed by atoms with van der Waals surface area (Å²) in [6.07, 6.45) is 6.80. The molecule has 0 bridgehead atoms. The van der Waals surface area contributed by atoms with E-state index >= 15 is 0 Å². The molecule has 1 aliphatic rings. The van der Waals surface area contributed by atoms with Crippen molar-refractivity contribution >= 4 is 33.4 Å². The van der Waals surface area contributed by atoms with E-state index in [1.165, 1.54) is 31.2 Å². The number of aryl methyl sites for hydroxylation is 1. The van der Waals surface area contributed by atoms with E-state index in [-0.39, 0.29) is 0 Å². The van der Waals surface area contributed by atoms with Crippen LogP contribution in [0.4, 0.5) is 17.5 Å². The highest BCUT2D eigenvalue weighted by Crippen LogP contribution is 2.23. The van der Waals surface area contributed by atoms with E-state index in [0.717, 1.165) is 29.1 Å². The molecule has 0 aliphatic carbocycles. The Morgan fingerprint density at radius 2 is 1.91 bits per heavy atom. The van der Waals surface area contributed by atoms with Gasteiger partial charge in [-0.05, 0) is 37.5 Å². The van der Waals surface area contributed by atoms with Gasteiger partial charge in [0.05, 0.1) is 6.20 Å². The number of hydrogen-bond acceptors (Lipinski definition) is 5. The molecule has 0 unspecified atom stereocenters. The summed E-state index contributed by atoms with van der Waals surface area (Å²) in [4.78, 5) is 6.91. The summed E-state index contributed by atoms with van der Waals surface area (Å²) in [7, 11) is 0. The van der Waals surface area contributed by atoms with E-state index < -0.39 is 0 Å². The number of nitrogens with zero attached hydrogens (tertiary/aromatic N) is 4. The van der Waals surface area contributed by atoms with Gasteiger partial charge in [-0.1, -0.05) is 34.8 Å². The van der Waals surface area contributed by atoms with Gasteiger partial charge in [-0.25, -0.2) is 0 Å². The maximum absolute atomic E-state index is 4.61. The van der Waals surface area contributed by atoms with Crippen molar-refractivity contribution in [3.63, 3.8) is 0 Å². The first kappa shape index (κ1) is 15.2. The van der Waals surface area contributed by atoms with Gasteiger partial charge in [0.15, 0.2) is 5.82 Å². The quantitative estimate of drug-likeness (QED) is 0.892. The maximum atomic E-state index is 4.61. The van der Waals surface area contributed by atoms with Crippen LogP contribution in [0.15, 0.2) is 28.9 Å². The highest BCUT2D eigenvalue weighted by Gasteiger charge is 2.12. The SMILES string of the molecule is Cc1ccc(Nc2nncc(N3CCCCCC3)n2)cc1Br. The molecule has 0 atom stereocenters. The molecule has 1 aromatic heterocycles. The Morgan fingerprint density at radius 3 is 2.64 bits per heavy atom. The largest absolute Gasteiger partial charge is 0.355 e. The highest BCUT2D eigenvalue weighted by molar-refractivity contribution is 9.10. The third kappa shape index (κ3) is 3.74. The summed E-state index contributed by atoms with van der Waals surface area (Å²) in [5, 5.41) is 11.4. The predicted octanol–water partition coefficient (Wildman–Crippen LogP) is 4.07. The lowest BCUT2D eigenvalue weighted by atomic mass is 10.2. The van der Waals surface area contributed by atoms with Crippen LogP contribution in [0.5, 0.6) is 0 Å². The lowest BCUT2D eigenvalue weighted by Crippen LogP contribution is -2.25. The zero-order chi connectivity index (χ0) is 15.4. The summed E-state index contributed by atoms with van der Waals surface area (Å²) >= 11 is 3.54. The average Bonchev–Trinajstić information content (AvgIpc) is 2.80. The molecular formula is C16H20BrN5. The number of rotatable bonds is 3.